The van der Waals surface area contributed by atoms with Gasteiger partial charge in [-0.3, -0.25) is 4.79 Å². The maximum Gasteiger partial charge on any atom is 0.251 e. The number of nitrogens with zero attached hydrogens (tertiary/aromatic N) is 1. The molecule has 4 nitrogen and oxygen atoms in total. The van der Waals surface area contributed by atoms with Crippen LogP contribution < -0.4 is 10.6 Å². The summed E-state index contributed by atoms with van der Waals surface area (Å²) in [6.07, 6.45) is 2.14. The van der Waals surface area contributed by atoms with Crippen LogP contribution in [-0.2, 0) is 13.0 Å². The second-order valence-corrected chi connectivity index (χ2v) is 4.85. The van der Waals surface area contributed by atoms with Crippen LogP contribution in [0.1, 0.15) is 41.3 Å². The Morgan fingerprint density at radius 2 is 2.37 bits per heavy atom. The second kappa shape index (κ2) is 6.35. The lowest BCUT2D eigenvalue weighted by Gasteiger charge is -2.18. The minimum atomic E-state index is -0.0875. The number of hydrogen-bond donors (Lipinski definition) is 2. The van der Waals surface area contributed by atoms with E-state index < -0.39 is 0 Å². The average Bonchev–Trinajstić information content (AvgIpc) is 2.46. The lowest BCUT2D eigenvalue weighted by Crippen LogP contribution is -2.34. The predicted octanol–water partition coefficient (Wildman–Crippen LogP) is 1.75. The largest absolute Gasteiger partial charge is 0.348 e. The Bertz CT molecular complexity index is 505. The van der Waals surface area contributed by atoms with Crippen molar-refractivity contribution in [3.63, 3.8) is 0 Å². The maximum absolute atomic E-state index is 12.1. The topological polar surface area (TPSA) is 64.9 Å². The molecule has 0 radical (unpaired) electrons. The molecule has 1 amide bonds. The third kappa shape index (κ3) is 3.33. The lowest BCUT2D eigenvalue weighted by atomic mass is 9.98. The van der Waals surface area contributed by atoms with Gasteiger partial charge >= 0.3 is 0 Å². The van der Waals surface area contributed by atoms with E-state index in [0.717, 1.165) is 25.9 Å². The van der Waals surface area contributed by atoms with Gasteiger partial charge in [0.2, 0.25) is 0 Å². The van der Waals surface area contributed by atoms with E-state index in [-0.39, 0.29) is 11.9 Å². The van der Waals surface area contributed by atoms with Gasteiger partial charge in [0.05, 0.1) is 12.5 Å². The van der Waals surface area contributed by atoms with Crippen molar-refractivity contribution < 1.29 is 4.79 Å². The summed E-state index contributed by atoms with van der Waals surface area (Å²) in [6.45, 7) is 3.80. The molecule has 0 saturated heterocycles. The van der Waals surface area contributed by atoms with Gasteiger partial charge < -0.3 is 10.6 Å². The van der Waals surface area contributed by atoms with Crippen LogP contribution in [-0.4, -0.2) is 18.5 Å². The first-order valence-corrected chi connectivity index (χ1v) is 6.75. The third-order valence-corrected chi connectivity index (χ3v) is 3.52. The molecule has 2 N–H and O–H groups in total. The van der Waals surface area contributed by atoms with Crippen molar-refractivity contribution in [2.45, 2.75) is 38.8 Å². The molecule has 100 valence electrons. The molecule has 1 unspecified atom stereocenters. The number of fused-ring (bicyclic) bond motifs is 1. The third-order valence-electron chi connectivity index (χ3n) is 3.52. The molecule has 1 heterocycles. The molecule has 0 aliphatic carbocycles. The van der Waals surface area contributed by atoms with Gasteiger partial charge in [-0.25, -0.2) is 0 Å². The fourth-order valence-corrected chi connectivity index (χ4v) is 2.30. The number of amides is 1. The highest BCUT2D eigenvalue weighted by atomic mass is 16.1. The van der Waals surface area contributed by atoms with Crippen LogP contribution in [0.5, 0.6) is 0 Å². The molecule has 1 aromatic carbocycles. The number of carbonyl (C=O) groups excluding carboxylic acids is 1. The summed E-state index contributed by atoms with van der Waals surface area (Å²) in [5.74, 6) is -0.0875. The van der Waals surface area contributed by atoms with Crippen molar-refractivity contribution in [3.05, 3.63) is 34.9 Å². The van der Waals surface area contributed by atoms with Gasteiger partial charge in [0.1, 0.15) is 0 Å². The summed E-state index contributed by atoms with van der Waals surface area (Å²) in [4.78, 5) is 12.1. The SMILES string of the molecule is CCC(CC#N)NC(=O)c1ccc2c(c1)CNCC2. The van der Waals surface area contributed by atoms with Crippen molar-refractivity contribution in [1.82, 2.24) is 10.6 Å². The summed E-state index contributed by atoms with van der Waals surface area (Å²) in [6, 6.07) is 7.90. The normalized spacial score (nSPS) is 15.2. The van der Waals surface area contributed by atoms with E-state index in [0.29, 0.717) is 12.0 Å². The second-order valence-electron chi connectivity index (χ2n) is 4.85. The quantitative estimate of drug-likeness (QED) is 0.863. The molecule has 1 aromatic rings. The number of nitriles is 1. The molecular formula is C15H19N3O. The Labute approximate surface area is 113 Å². The van der Waals surface area contributed by atoms with Crippen LogP contribution in [0.4, 0.5) is 0 Å². The molecule has 0 fully saturated rings. The minimum absolute atomic E-state index is 0.0633. The van der Waals surface area contributed by atoms with Crippen LogP contribution in [0.3, 0.4) is 0 Å². The molecule has 1 aliphatic heterocycles. The Hall–Kier alpha value is -1.86. The van der Waals surface area contributed by atoms with Crippen LogP contribution in [0.25, 0.3) is 0 Å². The zero-order valence-electron chi connectivity index (χ0n) is 11.2. The molecular weight excluding hydrogens is 238 g/mol. The summed E-state index contributed by atoms with van der Waals surface area (Å²) < 4.78 is 0. The number of benzene rings is 1. The van der Waals surface area contributed by atoms with E-state index >= 15 is 0 Å². The zero-order valence-corrected chi connectivity index (χ0v) is 11.2. The van der Waals surface area contributed by atoms with Crippen LogP contribution >= 0.6 is 0 Å². The minimum Gasteiger partial charge on any atom is -0.348 e. The van der Waals surface area contributed by atoms with Gasteiger partial charge in [0.25, 0.3) is 5.91 Å². The van der Waals surface area contributed by atoms with E-state index in [2.05, 4.69) is 16.7 Å². The van der Waals surface area contributed by atoms with E-state index in [9.17, 15) is 4.79 Å². The molecule has 4 heteroatoms. The fraction of sp³-hybridized carbons (Fsp3) is 0.467. The molecule has 2 rings (SSSR count). The van der Waals surface area contributed by atoms with Crippen LogP contribution in [0.2, 0.25) is 0 Å². The van der Waals surface area contributed by atoms with Gasteiger partial charge in [-0.15, -0.1) is 0 Å². The standard InChI is InChI=1S/C15H19N3O/c1-2-14(5-7-16)18-15(19)12-4-3-11-6-8-17-10-13(11)9-12/h3-4,9,14,17H,2,5-6,8,10H2,1H3,(H,18,19). The van der Waals surface area contributed by atoms with E-state index in [1.54, 1.807) is 0 Å². The van der Waals surface area contributed by atoms with E-state index in [4.69, 9.17) is 5.26 Å². The van der Waals surface area contributed by atoms with Gasteiger partial charge in [-0.2, -0.15) is 5.26 Å². The molecule has 0 saturated carbocycles. The highest BCUT2D eigenvalue weighted by Crippen LogP contribution is 2.16. The van der Waals surface area contributed by atoms with Gasteiger partial charge in [0.15, 0.2) is 0 Å². The van der Waals surface area contributed by atoms with E-state index in [1.165, 1.54) is 11.1 Å². The zero-order chi connectivity index (χ0) is 13.7. The van der Waals surface area contributed by atoms with E-state index in [1.807, 2.05) is 25.1 Å². The first-order chi connectivity index (χ1) is 9.24. The lowest BCUT2D eigenvalue weighted by molar-refractivity contribution is 0.0936. The van der Waals surface area contributed by atoms with Gasteiger partial charge in [-0.1, -0.05) is 13.0 Å². The smallest absolute Gasteiger partial charge is 0.251 e. The summed E-state index contributed by atoms with van der Waals surface area (Å²) in [5, 5.41) is 14.9. The average molecular weight is 257 g/mol. The molecule has 1 aliphatic rings. The summed E-state index contributed by atoms with van der Waals surface area (Å²) in [5.41, 5.74) is 3.20. The monoisotopic (exact) mass is 257 g/mol. The predicted molar refractivity (Wildman–Crippen MR) is 73.6 cm³/mol. The fourth-order valence-electron chi connectivity index (χ4n) is 2.30. The summed E-state index contributed by atoms with van der Waals surface area (Å²) in [7, 11) is 0. The number of hydrogen-bond acceptors (Lipinski definition) is 3. The molecule has 0 spiro atoms. The maximum atomic E-state index is 12.1. The molecule has 19 heavy (non-hydrogen) atoms. The van der Waals surface area contributed by atoms with Crippen molar-refractivity contribution in [2.24, 2.45) is 0 Å². The van der Waals surface area contributed by atoms with Gasteiger partial charge in [0, 0.05) is 18.2 Å². The molecule has 1 atom stereocenters. The van der Waals surface area contributed by atoms with Gasteiger partial charge in [-0.05, 0) is 42.6 Å². The molecule has 0 bridgehead atoms. The van der Waals surface area contributed by atoms with Crippen molar-refractivity contribution in [1.29, 1.82) is 5.26 Å². The number of carbonyl (C=O) groups is 1. The molecule has 0 aromatic heterocycles. The van der Waals surface area contributed by atoms with Crippen LogP contribution in [0.15, 0.2) is 18.2 Å². The Balaban J connectivity index is 2.09. The Morgan fingerprint density at radius 3 is 3.11 bits per heavy atom. The highest BCUT2D eigenvalue weighted by molar-refractivity contribution is 5.94. The highest BCUT2D eigenvalue weighted by Gasteiger charge is 2.15. The van der Waals surface area contributed by atoms with Crippen molar-refractivity contribution >= 4 is 5.91 Å². The first kappa shape index (κ1) is 13.6. The van der Waals surface area contributed by atoms with Crippen molar-refractivity contribution in [3.8, 4) is 6.07 Å². The summed E-state index contributed by atoms with van der Waals surface area (Å²) >= 11 is 0. The Morgan fingerprint density at radius 1 is 1.53 bits per heavy atom. The number of nitrogens with one attached hydrogen (secondary N) is 2. The van der Waals surface area contributed by atoms with Crippen molar-refractivity contribution in [2.75, 3.05) is 6.54 Å². The van der Waals surface area contributed by atoms with Crippen LogP contribution in [0, 0.1) is 11.3 Å². The first-order valence-electron chi connectivity index (χ1n) is 6.75. The Kier molecular flexibility index (Phi) is 4.53. The number of rotatable bonds is 4.